The van der Waals surface area contributed by atoms with Crippen molar-refractivity contribution in [2.24, 2.45) is 0 Å². The van der Waals surface area contributed by atoms with E-state index < -0.39 is 0 Å². The number of amides is 1. The molecule has 2 heterocycles. The van der Waals surface area contributed by atoms with Crippen molar-refractivity contribution in [1.82, 2.24) is 19.2 Å². The van der Waals surface area contributed by atoms with Crippen LogP contribution in [-0.4, -0.2) is 45.0 Å². The van der Waals surface area contributed by atoms with Crippen LogP contribution in [0.25, 0.3) is 16.7 Å². The Morgan fingerprint density at radius 1 is 1.16 bits per heavy atom. The molecule has 4 aromatic rings. The summed E-state index contributed by atoms with van der Waals surface area (Å²) in [5.41, 5.74) is 1.10. The van der Waals surface area contributed by atoms with E-state index in [2.05, 4.69) is 22.1 Å². The molecule has 0 atom stereocenters. The average Bonchev–Trinajstić information content (AvgIpc) is 3.24. The van der Waals surface area contributed by atoms with Crippen molar-refractivity contribution in [3.05, 3.63) is 65.5 Å². The number of hydrogen-bond donors (Lipinski definition) is 1. The van der Waals surface area contributed by atoms with E-state index in [1.165, 1.54) is 23.4 Å². The fraction of sp³-hybridized carbons (Fsp3) is 0.182. The molecule has 0 saturated heterocycles. The Labute approximate surface area is 187 Å². The lowest BCUT2D eigenvalue weighted by molar-refractivity contribution is -0.113. The molecule has 0 unspecified atom stereocenters. The predicted octanol–water partition coefficient (Wildman–Crippen LogP) is 2.98. The predicted molar refractivity (Wildman–Crippen MR) is 124 cm³/mol. The molecular formula is C22H21N5O4S. The molecule has 32 heavy (non-hydrogen) atoms. The second-order valence-corrected chi connectivity index (χ2v) is 7.69. The van der Waals surface area contributed by atoms with Crippen molar-refractivity contribution in [2.45, 2.75) is 11.7 Å². The summed E-state index contributed by atoms with van der Waals surface area (Å²) < 4.78 is 13.8. The highest BCUT2D eigenvalue weighted by molar-refractivity contribution is 7.99. The van der Waals surface area contributed by atoms with E-state index in [-0.39, 0.29) is 17.2 Å². The number of allylic oxidation sites excluding steroid dienone is 1. The fourth-order valence-electron chi connectivity index (χ4n) is 3.36. The molecule has 4 rings (SSSR count). The van der Waals surface area contributed by atoms with Gasteiger partial charge in [-0.05, 0) is 24.3 Å². The summed E-state index contributed by atoms with van der Waals surface area (Å²) in [5.74, 6) is 1.38. The topological polar surface area (TPSA) is 99.8 Å². The van der Waals surface area contributed by atoms with Crippen molar-refractivity contribution in [1.29, 1.82) is 0 Å². The standard InChI is InChI=1S/C22H21N5O4S/c1-4-11-26-20(29)15-7-5-6-8-16(15)27-21(26)24-25-22(27)32-13-19(28)23-14-9-10-17(30-2)18(12-14)31-3/h4-10,12H,1,11,13H2,2-3H3,(H,23,28). The number of benzene rings is 2. The summed E-state index contributed by atoms with van der Waals surface area (Å²) in [6, 6.07) is 12.4. The van der Waals surface area contributed by atoms with Gasteiger partial charge in [-0.25, -0.2) is 0 Å². The third-order valence-electron chi connectivity index (χ3n) is 4.79. The molecule has 10 heteroatoms. The van der Waals surface area contributed by atoms with Gasteiger partial charge < -0.3 is 14.8 Å². The van der Waals surface area contributed by atoms with Crippen LogP contribution in [0.4, 0.5) is 5.69 Å². The van der Waals surface area contributed by atoms with E-state index in [1.807, 2.05) is 18.2 Å². The smallest absolute Gasteiger partial charge is 0.263 e. The van der Waals surface area contributed by atoms with E-state index in [0.717, 1.165) is 0 Å². The number of rotatable bonds is 8. The number of anilines is 1. The maximum atomic E-state index is 12.9. The van der Waals surface area contributed by atoms with Gasteiger partial charge in [0.1, 0.15) is 0 Å². The molecule has 0 aliphatic rings. The number of fused-ring (bicyclic) bond motifs is 3. The first kappa shape index (κ1) is 21.4. The second kappa shape index (κ2) is 9.15. The van der Waals surface area contributed by atoms with Crippen molar-refractivity contribution in [3.63, 3.8) is 0 Å². The van der Waals surface area contributed by atoms with E-state index in [9.17, 15) is 9.59 Å². The van der Waals surface area contributed by atoms with Crippen LogP contribution in [0.5, 0.6) is 11.5 Å². The summed E-state index contributed by atoms with van der Waals surface area (Å²) in [5, 5.41) is 12.3. The Balaban J connectivity index is 1.61. The Kier molecular flexibility index (Phi) is 6.13. The molecule has 0 bridgehead atoms. The summed E-state index contributed by atoms with van der Waals surface area (Å²) in [6.45, 7) is 4.02. The van der Waals surface area contributed by atoms with Crippen LogP contribution in [0.2, 0.25) is 0 Å². The molecule has 0 aliphatic heterocycles. The molecule has 0 fully saturated rings. The number of methoxy groups -OCH3 is 2. The van der Waals surface area contributed by atoms with Crippen molar-refractivity contribution in [3.8, 4) is 11.5 Å². The number of carbonyl (C=O) groups excluding carboxylic acids is 1. The molecule has 2 aromatic carbocycles. The first-order valence-electron chi connectivity index (χ1n) is 9.69. The SMILES string of the molecule is C=CCn1c(=O)c2ccccc2n2c(SCC(=O)Nc3ccc(OC)c(OC)c3)nnc12. The maximum absolute atomic E-state index is 12.9. The number of nitrogens with one attached hydrogen (secondary N) is 1. The first-order valence-corrected chi connectivity index (χ1v) is 10.7. The fourth-order valence-corrected chi connectivity index (χ4v) is 4.10. The molecule has 0 aliphatic carbocycles. The van der Waals surface area contributed by atoms with Crippen LogP contribution in [-0.2, 0) is 11.3 Å². The average molecular weight is 452 g/mol. The molecule has 0 spiro atoms. The highest BCUT2D eigenvalue weighted by atomic mass is 32.2. The van der Waals surface area contributed by atoms with Gasteiger partial charge in [0, 0.05) is 18.3 Å². The zero-order valence-corrected chi connectivity index (χ0v) is 18.4. The van der Waals surface area contributed by atoms with Crippen LogP contribution in [0, 0.1) is 0 Å². The highest BCUT2D eigenvalue weighted by Crippen LogP contribution is 2.30. The van der Waals surface area contributed by atoms with Gasteiger partial charge in [-0.2, -0.15) is 0 Å². The number of aromatic nitrogens is 4. The molecule has 1 N–H and O–H groups in total. The van der Waals surface area contributed by atoms with Crippen LogP contribution in [0.1, 0.15) is 0 Å². The Morgan fingerprint density at radius 2 is 1.94 bits per heavy atom. The first-order chi connectivity index (χ1) is 15.6. The number of ether oxygens (including phenoxy) is 2. The minimum absolute atomic E-state index is 0.101. The van der Waals surface area contributed by atoms with Crippen LogP contribution in [0.3, 0.4) is 0 Å². The molecule has 2 aromatic heterocycles. The summed E-state index contributed by atoms with van der Waals surface area (Å²) in [6.07, 6.45) is 1.63. The number of carbonyl (C=O) groups is 1. The zero-order valence-electron chi connectivity index (χ0n) is 17.6. The highest BCUT2D eigenvalue weighted by Gasteiger charge is 2.17. The minimum Gasteiger partial charge on any atom is -0.493 e. The lowest BCUT2D eigenvalue weighted by Gasteiger charge is -2.11. The Morgan fingerprint density at radius 3 is 2.69 bits per heavy atom. The van der Waals surface area contributed by atoms with Gasteiger partial charge in [0.15, 0.2) is 16.7 Å². The van der Waals surface area contributed by atoms with Crippen LogP contribution in [0.15, 0.2) is 65.1 Å². The Hall–Kier alpha value is -3.79. The summed E-state index contributed by atoms with van der Waals surface area (Å²) in [7, 11) is 3.08. The van der Waals surface area contributed by atoms with E-state index >= 15 is 0 Å². The van der Waals surface area contributed by atoms with Gasteiger partial charge in [-0.1, -0.05) is 30.0 Å². The Bertz CT molecular complexity index is 1380. The normalized spacial score (nSPS) is 10.9. The van der Waals surface area contributed by atoms with Crippen molar-refractivity contribution >= 4 is 40.0 Å². The van der Waals surface area contributed by atoms with Crippen molar-refractivity contribution in [2.75, 3.05) is 25.3 Å². The lowest BCUT2D eigenvalue weighted by Crippen LogP contribution is -2.22. The van der Waals surface area contributed by atoms with Crippen molar-refractivity contribution < 1.29 is 14.3 Å². The summed E-state index contributed by atoms with van der Waals surface area (Å²) >= 11 is 1.23. The van der Waals surface area contributed by atoms with E-state index in [4.69, 9.17) is 9.47 Å². The van der Waals surface area contributed by atoms with Gasteiger partial charge >= 0.3 is 0 Å². The van der Waals surface area contributed by atoms with Gasteiger partial charge in [0.2, 0.25) is 11.7 Å². The largest absolute Gasteiger partial charge is 0.493 e. The quantitative estimate of drug-likeness (QED) is 0.325. The van der Waals surface area contributed by atoms with Crippen LogP contribution >= 0.6 is 11.8 Å². The number of nitrogens with zero attached hydrogens (tertiary/aromatic N) is 4. The number of hydrogen-bond acceptors (Lipinski definition) is 7. The van der Waals surface area contributed by atoms with E-state index in [0.29, 0.717) is 45.6 Å². The molecule has 0 saturated carbocycles. The minimum atomic E-state index is -0.220. The van der Waals surface area contributed by atoms with E-state index in [1.54, 1.807) is 41.9 Å². The zero-order chi connectivity index (χ0) is 22.7. The lowest BCUT2D eigenvalue weighted by atomic mass is 10.2. The van der Waals surface area contributed by atoms with Gasteiger partial charge in [0.25, 0.3) is 5.56 Å². The number of thioether (sulfide) groups is 1. The van der Waals surface area contributed by atoms with Gasteiger partial charge in [-0.3, -0.25) is 18.6 Å². The second-order valence-electron chi connectivity index (χ2n) is 6.75. The summed E-state index contributed by atoms with van der Waals surface area (Å²) in [4.78, 5) is 25.4. The van der Waals surface area contributed by atoms with Crippen LogP contribution < -0.4 is 20.3 Å². The molecular weight excluding hydrogens is 430 g/mol. The van der Waals surface area contributed by atoms with Gasteiger partial charge in [0.05, 0.1) is 30.9 Å². The third kappa shape index (κ3) is 3.92. The maximum Gasteiger partial charge on any atom is 0.263 e. The molecule has 1 amide bonds. The monoisotopic (exact) mass is 451 g/mol. The molecule has 0 radical (unpaired) electrons. The molecule has 164 valence electrons. The van der Waals surface area contributed by atoms with Gasteiger partial charge in [-0.15, -0.1) is 16.8 Å². The molecule has 9 nitrogen and oxygen atoms in total. The third-order valence-corrected chi connectivity index (χ3v) is 5.72. The number of para-hydroxylation sites is 1.